The summed E-state index contributed by atoms with van der Waals surface area (Å²) >= 11 is 0. The van der Waals surface area contributed by atoms with Crippen molar-refractivity contribution in [3.8, 4) is 5.75 Å². The first kappa shape index (κ1) is 23.9. The van der Waals surface area contributed by atoms with Crippen molar-refractivity contribution in [2.75, 3.05) is 37.7 Å². The van der Waals surface area contributed by atoms with Crippen molar-refractivity contribution in [2.24, 2.45) is 0 Å². The summed E-state index contributed by atoms with van der Waals surface area (Å²) in [6, 6.07) is 20.6. The molecule has 1 amide bonds. The maximum atomic E-state index is 15.0. The highest BCUT2D eigenvalue weighted by molar-refractivity contribution is 5.78. The Morgan fingerprint density at radius 3 is 2.53 bits per heavy atom. The molecule has 1 aliphatic rings. The Labute approximate surface area is 210 Å². The van der Waals surface area contributed by atoms with Gasteiger partial charge in [-0.3, -0.25) is 4.79 Å². The number of aryl methyl sites for hydroxylation is 1. The molecule has 0 aliphatic carbocycles. The largest absolute Gasteiger partial charge is 0.492 e. The molecule has 0 N–H and O–H groups in total. The first-order chi connectivity index (χ1) is 17.6. The van der Waals surface area contributed by atoms with Crippen LogP contribution in [0, 0.1) is 12.7 Å². The number of hydrogen-bond acceptors (Lipinski definition) is 4. The van der Waals surface area contributed by atoms with E-state index in [1.165, 1.54) is 6.07 Å². The van der Waals surface area contributed by atoms with Crippen LogP contribution < -0.4 is 9.64 Å². The van der Waals surface area contributed by atoms with Crippen LogP contribution in [0.2, 0.25) is 0 Å². The van der Waals surface area contributed by atoms with E-state index < -0.39 is 5.92 Å². The van der Waals surface area contributed by atoms with Crippen LogP contribution in [0.25, 0.3) is 5.65 Å². The first-order valence-corrected chi connectivity index (χ1v) is 12.5. The molecule has 6 nitrogen and oxygen atoms in total. The minimum absolute atomic E-state index is 0.0181. The molecule has 4 aromatic rings. The molecular formula is C29H31FN4O2. The number of pyridine rings is 1. The Kier molecular flexibility index (Phi) is 6.89. The normalized spacial score (nSPS) is 14.8. The fourth-order valence-corrected chi connectivity index (χ4v) is 5.10. The van der Waals surface area contributed by atoms with Gasteiger partial charge in [-0.25, -0.2) is 9.37 Å². The highest BCUT2D eigenvalue weighted by Gasteiger charge is 2.29. The second-order valence-electron chi connectivity index (χ2n) is 9.09. The lowest BCUT2D eigenvalue weighted by Crippen LogP contribution is -2.49. The van der Waals surface area contributed by atoms with Gasteiger partial charge in [0.15, 0.2) is 0 Å². The number of halogens is 1. The number of piperazine rings is 1. The summed E-state index contributed by atoms with van der Waals surface area (Å²) in [6.07, 6.45) is 1.95. The van der Waals surface area contributed by atoms with E-state index in [1.54, 1.807) is 18.3 Å². The van der Waals surface area contributed by atoms with Gasteiger partial charge in [0.25, 0.3) is 0 Å². The third-order valence-corrected chi connectivity index (χ3v) is 6.91. The van der Waals surface area contributed by atoms with Gasteiger partial charge in [0.2, 0.25) is 5.91 Å². The third kappa shape index (κ3) is 4.65. The standard InChI is InChI=1S/C29H31FN4O2/c1-3-36-27-13-7-6-12-25(27)32-15-17-33(18-16-32)29(35)19-23(22-10-4-5-11-24(22)30)26-20-31-28-14-8-9-21(2)34(26)28/h4-14,20,23H,3,15-19H2,1-2H3. The van der Waals surface area contributed by atoms with Crippen LogP contribution in [-0.4, -0.2) is 53.0 Å². The van der Waals surface area contributed by atoms with Crippen molar-refractivity contribution in [3.05, 3.63) is 95.7 Å². The summed E-state index contributed by atoms with van der Waals surface area (Å²) in [5.74, 6) is 0.134. The van der Waals surface area contributed by atoms with E-state index in [4.69, 9.17) is 4.74 Å². The summed E-state index contributed by atoms with van der Waals surface area (Å²) in [6.45, 7) is 7.23. The van der Waals surface area contributed by atoms with E-state index in [0.29, 0.717) is 25.3 Å². The molecule has 2 aromatic carbocycles. The monoisotopic (exact) mass is 486 g/mol. The number of rotatable bonds is 7. The molecule has 0 saturated carbocycles. The smallest absolute Gasteiger partial charge is 0.223 e. The van der Waals surface area contributed by atoms with Gasteiger partial charge in [0.1, 0.15) is 17.2 Å². The molecule has 36 heavy (non-hydrogen) atoms. The Morgan fingerprint density at radius 1 is 1.00 bits per heavy atom. The average Bonchev–Trinajstić information content (AvgIpc) is 3.34. The van der Waals surface area contributed by atoms with Gasteiger partial charge in [-0.05, 0) is 49.7 Å². The highest BCUT2D eigenvalue weighted by atomic mass is 19.1. The molecule has 2 aromatic heterocycles. The molecule has 1 atom stereocenters. The van der Waals surface area contributed by atoms with Gasteiger partial charge in [0.05, 0.1) is 18.0 Å². The van der Waals surface area contributed by atoms with Gasteiger partial charge in [0, 0.05) is 50.4 Å². The molecule has 0 spiro atoms. The lowest BCUT2D eigenvalue weighted by molar-refractivity contribution is -0.131. The van der Waals surface area contributed by atoms with Crippen LogP contribution in [0.1, 0.15) is 36.2 Å². The zero-order valence-corrected chi connectivity index (χ0v) is 20.7. The van der Waals surface area contributed by atoms with E-state index in [0.717, 1.165) is 41.6 Å². The predicted molar refractivity (Wildman–Crippen MR) is 139 cm³/mol. The number of benzene rings is 2. The van der Waals surface area contributed by atoms with E-state index in [9.17, 15) is 9.18 Å². The number of nitrogens with zero attached hydrogens (tertiary/aromatic N) is 4. The number of para-hydroxylation sites is 2. The molecule has 7 heteroatoms. The highest BCUT2D eigenvalue weighted by Crippen LogP contribution is 2.33. The topological polar surface area (TPSA) is 50.1 Å². The molecule has 186 valence electrons. The quantitative estimate of drug-likeness (QED) is 0.367. The van der Waals surface area contributed by atoms with Gasteiger partial charge in [-0.15, -0.1) is 0 Å². The van der Waals surface area contributed by atoms with Crippen molar-refractivity contribution in [2.45, 2.75) is 26.2 Å². The molecule has 1 aliphatic heterocycles. The Hall–Kier alpha value is -3.87. The summed E-state index contributed by atoms with van der Waals surface area (Å²) in [4.78, 5) is 22.2. The van der Waals surface area contributed by atoms with Crippen molar-refractivity contribution in [1.29, 1.82) is 0 Å². The summed E-state index contributed by atoms with van der Waals surface area (Å²) in [7, 11) is 0. The van der Waals surface area contributed by atoms with Crippen molar-refractivity contribution in [3.63, 3.8) is 0 Å². The SMILES string of the molecule is CCOc1ccccc1N1CCN(C(=O)CC(c2ccccc2F)c2cnc3cccc(C)n23)CC1. The number of amides is 1. The van der Waals surface area contributed by atoms with Gasteiger partial charge in [-0.2, -0.15) is 0 Å². The summed E-state index contributed by atoms with van der Waals surface area (Å²) < 4.78 is 22.8. The Bertz CT molecular complexity index is 1360. The lowest BCUT2D eigenvalue weighted by atomic mass is 9.91. The number of carbonyl (C=O) groups is 1. The molecular weight excluding hydrogens is 455 g/mol. The van der Waals surface area contributed by atoms with E-state index in [1.807, 2.05) is 65.6 Å². The number of anilines is 1. The van der Waals surface area contributed by atoms with Crippen molar-refractivity contribution >= 4 is 17.2 Å². The fourth-order valence-electron chi connectivity index (χ4n) is 5.10. The molecule has 1 unspecified atom stereocenters. The summed E-state index contributed by atoms with van der Waals surface area (Å²) in [5.41, 5.74) is 4.18. The summed E-state index contributed by atoms with van der Waals surface area (Å²) in [5, 5.41) is 0. The molecule has 1 saturated heterocycles. The zero-order valence-electron chi connectivity index (χ0n) is 20.7. The molecule has 3 heterocycles. The van der Waals surface area contributed by atoms with Gasteiger partial charge < -0.3 is 18.9 Å². The van der Waals surface area contributed by atoms with E-state index in [2.05, 4.69) is 16.0 Å². The molecule has 5 rings (SSSR count). The number of imidazole rings is 1. The van der Waals surface area contributed by atoms with Crippen molar-refractivity contribution in [1.82, 2.24) is 14.3 Å². The minimum Gasteiger partial charge on any atom is -0.492 e. The van der Waals surface area contributed by atoms with Gasteiger partial charge in [-0.1, -0.05) is 36.4 Å². The molecule has 1 fully saturated rings. The number of aromatic nitrogens is 2. The lowest BCUT2D eigenvalue weighted by Gasteiger charge is -2.37. The molecule has 0 radical (unpaired) electrons. The van der Waals surface area contributed by atoms with Crippen LogP contribution in [0.4, 0.5) is 10.1 Å². The third-order valence-electron chi connectivity index (χ3n) is 6.91. The number of hydrogen-bond donors (Lipinski definition) is 0. The van der Waals surface area contributed by atoms with Crippen LogP contribution in [-0.2, 0) is 4.79 Å². The van der Waals surface area contributed by atoms with Gasteiger partial charge >= 0.3 is 0 Å². The Balaban J connectivity index is 1.37. The van der Waals surface area contributed by atoms with Crippen LogP contribution >= 0.6 is 0 Å². The maximum Gasteiger partial charge on any atom is 0.223 e. The van der Waals surface area contributed by atoms with Crippen LogP contribution in [0.15, 0.2) is 72.9 Å². The number of ether oxygens (including phenoxy) is 1. The maximum absolute atomic E-state index is 15.0. The van der Waals surface area contributed by atoms with Crippen LogP contribution in [0.3, 0.4) is 0 Å². The zero-order chi connectivity index (χ0) is 25.1. The van der Waals surface area contributed by atoms with E-state index in [-0.39, 0.29) is 18.1 Å². The number of carbonyl (C=O) groups excluding carboxylic acids is 1. The fraction of sp³-hybridized carbons (Fsp3) is 0.310. The second kappa shape index (κ2) is 10.4. The Morgan fingerprint density at radius 2 is 1.75 bits per heavy atom. The minimum atomic E-state index is -0.438. The first-order valence-electron chi connectivity index (χ1n) is 12.5. The molecule has 0 bridgehead atoms. The predicted octanol–water partition coefficient (Wildman–Crippen LogP) is 5.05. The van der Waals surface area contributed by atoms with Crippen molar-refractivity contribution < 1.29 is 13.9 Å². The number of fused-ring (bicyclic) bond motifs is 1. The van der Waals surface area contributed by atoms with E-state index >= 15 is 0 Å². The second-order valence-corrected chi connectivity index (χ2v) is 9.09. The van der Waals surface area contributed by atoms with Crippen LogP contribution in [0.5, 0.6) is 5.75 Å². The average molecular weight is 487 g/mol.